The van der Waals surface area contributed by atoms with Gasteiger partial charge in [-0.15, -0.1) is 0 Å². The van der Waals surface area contributed by atoms with Crippen LogP contribution in [-0.2, 0) is 0 Å². The predicted molar refractivity (Wildman–Crippen MR) is 56.3 cm³/mol. The Kier molecular flexibility index (Phi) is 4.40. The molecule has 0 aliphatic rings. The summed E-state index contributed by atoms with van der Waals surface area (Å²) in [7, 11) is 0. The number of hydrogen-bond acceptors (Lipinski definition) is 3. The van der Waals surface area contributed by atoms with Crippen LogP contribution in [-0.4, -0.2) is 17.3 Å². The Bertz CT molecular complexity index is 229. The first-order valence-corrected chi connectivity index (χ1v) is 6.07. The number of thiophene rings is 1. The lowest BCUT2D eigenvalue weighted by Gasteiger charge is -1.96. The lowest BCUT2D eigenvalue weighted by molar-refractivity contribution is 0.102. The third kappa shape index (κ3) is 2.99. The molecular formula is C9H12OS2. The molecule has 1 rings (SSSR count). The highest BCUT2D eigenvalue weighted by Gasteiger charge is 2.04. The smallest absolute Gasteiger partial charge is 0.173 e. The zero-order valence-electron chi connectivity index (χ0n) is 7.08. The van der Waals surface area contributed by atoms with E-state index in [2.05, 4.69) is 6.92 Å². The monoisotopic (exact) mass is 200 g/mol. The Morgan fingerprint density at radius 1 is 1.67 bits per heavy atom. The molecule has 0 saturated heterocycles. The van der Waals surface area contributed by atoms with Gasteiger partial charge in [-0.1, -0.05) is 6.92 Å². The third-order valence-corrected chi connectivity index (χ3v) is 3.27. The van der Waals surface area contributed by atoms with Gasteiger partial charge >= 0.3 is 0 Å². The van der Waals surface area contributed by atoms with Gasteiger partial charge in [-0.2, -0.15) is 23.1 Å². The highest BCUT2D eigenvalue weighted by molar-refractivity contribution is 7.99. The van der Waals surface area contributed by atoms with Crippen molar-refractivity contribution in [3.8, 4) is 0 Å². The number of ketones is 1. The fraction of sp³-hybridized carbons (Fsp3) is 0.444. The summed E-state index contributed by atoms with van der Waals surface area (Å²) in [5, 5.41) is 3.85. The van der Waals surface area contributed by atoms with Gasteiger partial charge < -0.3 is 0 Å². The van der Waals surface area contributed by atoms with Crippen LogP contribution in [0.5, 0.6) is 0 Å². The molecule has 0 aliphatic carbocycles. The topological polar surface area (TPSA) is 17.1 Å². The molecule has 0 amide bonds. The summed E-state index contributed by atoms with van der Waals surface area (Å²) >= 11 is 3.29. The minimum absolute atomic E-state index is 0.259. The van der Waals surface area contributed by atoms with Gasteiger partial charge in [0.1, 0.15) is 0 Å². The van der Waals surface area contributed by atoms with Crippen LogP contribution in [0.15, 0.2) is 16.8 Å². The van der Waals surface area contributed by atoms with Gasteiger partial charge in [0, 0.05) is 10.9 Å². The van der Waals surface area contributed by atoms with Gasteiger partial charge in [-0.05, 0) is 23.6 Å². The Morgan fingerprint density at radius 2 is 2.50 bits per heavy atom. The van der Waals surface area contributed by atoms with Gasteiger partial charge in [0.05, 0.1) is 5.75 Å². The summed E-state index contributed by atoms with van der Waals surface area (Å²) in [5.41, 5.74) is 0.864. The van der Waals surface area contributed by atoms with Crippen molar-refractivity contribution in [1.82, 2.24) is 0 Å². The zero-order valence-corrected chi connectivity index (χ0v) is 8.71. The fourth-order valence-electron chi connectivity index (χ4n) is 0.816. The molecule has 0 unspecified atom stereocenters. The molecular weight excluding hydrogens is 188 g/mol. The molecule has 66 valence electrons. The van der Waals surface area contributed by atoms with Gasteiger partial charge in [0.2, 0.25) is 0 Å². The van der Waals surface area contributed by atoms with Crippen molar-refractivity contribution in [3.05, 3.63) is 22.4 Å². The number of rotatable bonds is 5. The quantitative estimate of drug-likeness (QED) is 0.537. The van der Waals surface area contributed by atoms with Crippen molar-refractivity contribution in [2.45, 2.75) is 13.3 Å². The van der Waals surface area contributed by atoms with Crippen molar-refractivity contribution in [1.29, 1.82) is 0 Å². The summed E-state index contributed by atoms with van der Waals surface area (Å²) in [6, 6.07) is 1.89. The first kappa shape index (κ1) is 9.81. The lowest BCUT2D eigenvalue weighted by atomic mass is 10.2. The Labute approximate surface area is 81.2 Å². The summed E-state index contributed by atoms with van der Waals surface area (Å²) in [6.45, 7) is 2.13. The van der Waals surface area contributed by atoms with Crippen LogP contribution in [0.1, 0.15) is 23.7 Å². The summed E-state index contributed by atoms with van der Waals surface area (Å²) < 4.78 is 0. The van der Waals surface area contributed by atoms with Crippen LogP contribution in [0.25, 0.3) is 0 Å². The highest BCUT2D eigenvalue weighted by atomic mass is 32.2. The molecule has 0 bridgehead atoms. The minimum atomic E-state index is 0.259. The van der Waals surface area contributed by atoms with Gasteiger partial charge in [0.15, 0.2) is 5.78 Å². The normalized spacial score (nSPS) is 10.1. The molecule has 0 aliphatic heterocycles. The van der Waals surface area contributed by atoms with E-state index in [0.717, 1.165) is 17.7 Å². The second kappa shape index (κ2) is 5.38. The average Bonchev–Trinajstić information content (AvgIpc) is 2.56. The molecule has 0 radical (unpaired) electrons. The van der Waals surface area contributed by atoms with Crippen LogP contribution in [0.3, 0.4) is 0 Å². The lowest BCUT2D eigenvalue weighted by Crippen LogP contribution is -2.00. The summed E-state index contributed by atoms with van der Waals surface area (Å²) in [4.78, 5) is 11.4. The minimum Gasteiger partial charge on any atom is -0.293 e. The zero-order chi connectivity index (χ0) is 8.81. The third-order valence-electron chi connectivity index (χ3n) is 1.42. The maximum atomic E-state index is 11.4. The number of Topliss-reactive ketones (excluding diaryl/α,β-unsaturated/α-hetero) is 1. The first-order chi connectivity index (χ1) is 5.84. The van der Waals surface area contributed by atoms with Crippen LogP contribution in [0.4, 0.5) is 0 Å². The van der Waals surface area contributed by atoms with Crippen molar-refractivity contribution >= 4 is 28.9 Å². The van der Waals surface area contributed by atoms with E-state index in [-0.39, 0.29) is 5.78 Å². The number of thioether (sulfide) groups is 1. The molecule has 1 aromatic heterocycles. The molecule has 0 aromatic carbocycles. The van der Waals surface area contributed by atoms with Crippen LogP contribution < -0.4 is 0 Å². The second-order valence-electron chi connectivity index (χ2n) is 2.49. The van der Waals surface area contributed by atoms with E-state index in [1.54, 1.807) is 23.1 Å². The molecule has 12 heavy (non-hydrogen) atoms. The van der Waals surface area contributed by atoms with Crippen LogP contribution in [0, 0.1) is 0 Å². The standard InChI is InChI=1S/C9H12OS2/c1-2-4-11-7-9(10)8-3-5-12-6-8/h3,5-6H,2,4,7H2,1H3. The molecule has 1 aromatic rings. The van der Waals surface area contributed by atoms with Gasteiger partial charge in [-0.25, -0.2) is 0 Å². The fourth-order valence-corrected chi connectivity index (χ4v) is 2.26. The van der Waals surface area contributed by atoms with E-state index in [1.807, 2.05) is 16.8 Å². The van der Waals surface area contributed by atoms with Crippen molar-refractivity contribution in [2.24, 2.45) is 0 Å². The Hall–Kier alpha value is -0.280. The molecule has 1 heterocycles. The van der Waals surface area contributed by atoms with E-state index >= 15 is 0 Å². The molecule has 0 N–H and O–H groups in total. The van der Waals surface area contributed by atoms with E-state index in [0.29, 0.717) is 5.75 Å². The van der Waals surface area contributed by atoms with E-state index in [4.69, 9.17) is 0 Å². The van der Waals surface area contributed by atoms with E-state index < -0.39 is 0 Å². The number of carbonyl (C=O) groups excluding carboxylic acids is 1. The molecule has 3 heteroatoms. The highest BCUT2D eigenvalue weighted by Crippen LogP contribution is 2.11. The Balaban J connectivity index is 2.30. The SMILES string of the molecule is CCCSCC(=O)c1ccsc1. The summed E-state index contributed by atoms with van der Waals surface area (Å²) in [6.07, 6.45) is 1.14. The maximum absolute atomic E-state index is 11.4. The molecule has 0 saturated carbocycles. The van der Waals surface area contributed by atoms with Gasteiger partial charge in [-0.3, -0.25) is 4.79 Å². The average molecular weight is 200 g/mol. The van der Waals surface area contributed by atoms with Crippen LogP contribution in [0.2, 0.25) is 0 Å². The van der Waals surface area contributed by atoms with Crippen molar-refractivity contribution in [3.63, 3.8) is 0 Å². The number of hydrogen-bond donors (Lipinski definition) is 0. The molecule has 0 fully saturated rings. The Morgan fingerprint density at radius 3 is 3.08 bits per heavy atom. The second-order valence-corrected chi connectivity index (χ2v) is 4.37. The first-order valence-electron chi connectivity index (χ1n) is 3.97. The van der Waals surface area contributed by atoms with Crippen molar-refractivity contribution in [2.75, 3.05) is 11.5 Å². The van der Waals surface area contributed by atoms with Crippen molar-refractivity contribution < 1.29 is 4.79 Å². The van der Waals surface area contributed by atoms with Crippen LogP contribution >= 0.6 is 23.1 Å². The molecule has 1 nitrogen and oxygen atoms in total. The molecule has 0 atom stereocenters. The van der Waals surface area contributed by atoms with E-state index in [9.17, 15) is 4.79 Å². The summed E-state index contributed by atoms with van der Waals surface area (Å²) in [5.74, 6) is 1.97. The maximum Gasteiger partial charge on any atom is 0.173 e. The largest absolute Gasteiger partial charge is 0.293 e. The molecule has 0 spiro atoms. The van der Waals surface area contributed by atoms with E-state index in [1.165, 1.54) is 0 Å². The predicted octanol–water partition coefficient (Wildman–Crippen LogP) is 3.07. The number of carbonyl (C=O) groups is 1. The van der Waals surface area contributed by atoms with Gasteiger partial charge in [0.25, 0.3) is 0 Å².